The van der Waals surface area contributed by atoms with Crippen molar-refractivity contribution >= 4 is 11.6 Å². The summed E-state index contributed by atoms with van der Waals surface area (Å²) in [6.07, 6.45) is -4.55. The van der Waals surface area contributed by atoms with Crippen LogP contribution < -0.4 is 10.2 Å². The highest BCUT2D eigenvalue weighted by Crippen LogP contribution is 2.30. The second-order valence-corrected chi connectivity index (χ2v) is 5.84. The van der Waals surface area contributed by atoms with Crippen molar-refractivity contribution in [2.45, 2.75) is 25.6 Å². The molecule has 8 heteroatoms. The molecule has 1 aromatic rings. The lowest BCUT2D eigenvalue weighted by Gasteiger charge is -2.45. The van der Waals surface area contributed by atoms with Crippen molar-refractivity contribution in [1.29, 1.82) is 0 Å². The molecule has 118 valence electrons. The molecule has 1 saturated heterocycles. The van der Waals surface area contributed by atoms with E-state index in [9.17, 15) is 13.2 Å². The highest BCUT2D eigenvalue weighted by molar-refractivity contribution is 5.50. The van der Waals surface area contributed by atoms with Gasteiger partial charge in [-0.1, -0.05) is 0 Å². The topological polar surface area (TPSA) is 44.3 Å². The van der Waals surface area contributed by atoms with Crippen LogP contribution in [0, 0.1) is 0 Å². The number of aromatic nitrogens is 2. The molecule has 1 aliphatic heterocycles. The molecule has 1 fully saturated rings. The summed E-state index contributed by atoms with van der Waals surface area (Å²) in [6, 6.07) is 1.55. The zero-order chi connectivity index (χ0) is 15.8. The minimum atomic E-state index is -4.55. The number of halogens is 3. The number of rotatable bonds is 2. The minimum absolute atomic E-state index is 0.124. The summed E-state index contributed by atoms with van der Waals surface area (Å²) >= 11 is 0. The molecule has 2 heterocycles. The SMILES string of the molecule is CNc1cc(N2CCN(C)C(C)(C)C2)nc(C(F)(F)F)n1. The van der Waals surface area contributed by atoms with Gasteiger partial charge in [0.15, 0.2) is 0 Å². The zero-order valence-corrected chi connectivity index (χ0v) is 12.6. The van der Waals surface area contributed by atoms with Gasteiger partial charge in [0.2, 0.25) is 5.82 Å². The largest absolute Gasteiger partial charge is 0.451 e. The number of likely N-dealkylation sites (N-methyl/N-ethyl adjacent to an activating group) is 1. The van der Waals surface area contributed by atoms with Crippen LogP contribution in [0.3, 0.4) is 0 Å². The number of nitrogens with one attached hydrogen (secondary N) is 1. The van der Waals surface area contributed by atoms with Crippen LogP contribution in [-0.2, 0) is 6.18 Å². The minimum Gasteiger partial charge on any atom is -0.373 e. The van der Waals surface area contributed by atoms with Crippen LogP contribution in [0.2, 0.25) is 0 Å². The summed E-state index contributed by atoms with van der Waals surface area (Å²) in [5.41, 5.74) is -0.124. The molecule has 0 amide bonds. The molecule has 0 spiro atoms. The van der Waals surface area contributed by atoms with Crippen molar-refractivity contribution in [1.82, 2.24) is 14.9 Å². The number of piperazine rings is 1. The van der Waals surface area contributed by atoms with Gasteiger partial charge in [0.05, 0.1) is 0 Å². The van der Waals surface area contributed by atoms with Crippen LogP contribution in [0.1, 0.15) is 19.7 Å². The van der Waals surface area contributed by atoms with Crippen LogP contribution in [0.15, 0.2) is 6.07 Å². The Kier molecular flexibility index (Phi) is 4.01. The first-order valence-electron chi connectivity index (χ1n) is 6.74. The molecule has 0 radical (unpaired) electrons. The van der Waals surface area contributed by atoms with E-state index < -0.39 is 12.0 Å². The summed E-state index contributed by atoms with van der Waals surface area (Å²) in [7, 11) is 3.55. The first-order chi connectivity index (χ1) is 9.63. The van der Waals surface area contributed by atoms with Gasteiger partial charge < -0.3 is 10.2 Å². The van der Waals surface area contributed by atoms with E-state index in [4.69, 9.17) is 0 Å². The first-order valence-corrected chi connectivity index (χ1v) is 6.74. The zero-order valence-electron chi connectivity index (χ0n) is 12.6. The maximum absolute atomic E-state index is 12.9. The third kappa shape index (κ3) is 3.37. The Bertz CT molecular complexity index is 515. The fraction of sp³-hybridized carbons (Fsp3) is 0.692. The lowest BCUT2D eigenvalue weighted by Crippen LogP contribution is -2.58. The predicted molar refractivity (Wildman–Crippen MR) is 75.5 cm³/mol. The third-order valence-electron chi connectivity index (χ3n) is 3.86. The Morgan fingerprint density at radius 3 is 2.43 bits per heavy atom. The van der Waals surface area contributed by atoms with Gasteiger partial charge in [-0.3, -0.25) is 4.90 Å². The summed E-state index contributed by atoms with van der Waals surface area (Å²) in [5.74, 6) is -0.631. The second kappa shape index (κ2) is 5.32. The maximum atomic E-state index is 12.9. The van der Waals surface area contributed by atoms with Gasteiger partial charge in [0, 0.05) is 38.3 Å². The van der Waals surface area contributed by atoms with E-state index in [1.165, 1.54) is 0 Å². The van der Waals surface area contributed by atoms with Crippen molar-refractivity contribution < 1.29 is 13.2 Å². The molecule has 1 aromatic heterocycles. The molecule has 0 bridgehead atoms. The summed E-state index contributed by atoms with van der Waals surface area (Å²) in [5, 5.41) is 2.66. The van der Waals surface area contributed by atoms with E-state index in [0.29, 0.717) is 18.9 Å². The number of anilines is 2. The standard InChI is InChI=1S/C13H20F3N5/c1-12(2)8-21(6-5-20(12)4)10-7-9(17-3)18-11(19-10)13(14,15)16/h7H,5-6,8H2,1-4H3,(H,17,18,19). The molecule has 0 atom stereocenters. The highest BCUT2D eigenvalue weighted by Gasteiger charge is 2.37. The molecule has 1 aliphatic rings. The highest BCUT2D eigenvalue weighted by atomic mass is 19.4. The smallest absolute Gasteiger partial charge is 0.373 e. The molecule has 0 unspecified atom stereocenters. The monoisotopic (exact) mass is 303 g/mol. The summed E-state index contributed by atoms with van der Waals surface area (Å²) < 4.78 is 38.7. The number of alkyl halides is 3. The lowest BCUT2D eigenvalue weighted by atomic mass is 10.00. The molecule has 2 rings (SSSR count). The van der Waals surface area contributed by atoms with E-state index in [2.05, 4.69) is 34.0 Å². The molecule has 5 nitrogen and oxygen atoms in total. The molecule has 1 N–H and O–H groups in total. The Morgan fingerprint density at radius 2 is 1.90 bits per heavy atom. The van der Waals surface area contributed by atoms with E-state index in [1.807, 2.05) is 11.9 Å². The van der Waals surface area contributed by atoms with Crippen LogP contribution in [0.5, 0.6) is 0 Å². The van der Waals surface area contributed by atoms with Crippen LogP contribution >= 0.6 is 0 Å². The first kappa shape index (κ1) is 15.8. The van der Waals surface area contributed by atoms with Crippen LogP contribution in [0.25, 0.3) is 0 Å². The number of nitrogens with zero attached hydrogens (tertiary/aromatic N) is 4. The van der Waals surface area contributed by atoms with Gasteiger partial charge in [-0.15, -0.1) is 0 Å². The van der Waals surface area contributed by atoms with Crippen LogP contribution in [-0.4, -0.2) is 54.1 Å². The van der Waals surface area contributed by atoms with E-state index in [-0.39, 0.29) is 11.4 Å². The Balaban J connectivity index is 2.35. The van der Waals surface area contributed by atoms with Crippen molar-refractivity contribution in [3.05, 3.63) is 11.9 Å². The fourth-order valence-electron chi connectivity index (χ4n) is 2.29. The van der Waals surface area contributed by atoms with Gasteiger partial charge in [-0.25, -0.2) is 9.97 Å². The van der Waals surface area contributed by atoms with Crippen molar-refractivity contribution in [3.63, 3.8) is 0 Å². The summed E-state index contributed by atoms with van der Waals surface area (Å²) in [4.78, 5) is 11.2. The van der Waals surface area contributed by atoms with Gasteiger partial charge in [0.25, 0.3) is 0 Å². The Labute approximate surface area is 122 Å². The lowest BCUT2D eigenvalue weighted by molar-refractivity contribution is -0.144. The van der Waals surface area contributed by atoms with Gasteiger partial charge in [0.1, 0.15) is 11.6 Å². The van der Waals surface area contributed by atoms with Crippen molar-refractivity contribution in [2.75, 3.05) is 43.9 Å². The van der Waals surface area contributed by atoms with E-state index in [0.717, 1.165) is 6.54 Å². The predicted octanol–water partition coefficient (Wildman–Crippen LogP) is 2.07. The maximum Gasteiger partial charge on any atom is 0.451 e. The van der Waals surface area contributed by atoms with Crippen molar-refractivity contribution in [2.24, 2.45) is 0 Å². The number of hydrogen-bond acceptors (Lipinski definition) is 5. The Hall–Kier alpha value is -1.57. The average molecular weight is 303 g/mol. The van der Waals surface area contributed by atoms with Crippen molar-refractivity contribution in [3.8, 4) is 0 Å². The molecule has 0 aromatic carbocycles. The molecular weight excluding hydrogens is 283 g/mol. The van der Waals surface area contributed by atoms with Crippen LogP contribution in [0.4, 0.5) is 24.8 Å². The second-order valence-electron chi connectivity index (χ2n) is 5.84. The molecule has 21 heavy (non-hydrogen) atoms. The van der Waals surface area contributed by atoms with E-state index in [1.54, 1.807) is 13.1 Å². The van der Waals surface area contributed by atoms with Gasteiger partial charge in [-0.05, 0) is 20.9 Å². The number of hydrogen-bond donors (Lipinski definition) is 1. The Morgan fingerprint density at radius 1 is 1.24 bits per heavy atom. The summed E-state index contributed by atoms with van der Waals surface area (Å²) in [6.45, 7) is 6.14. The molecule has 0 saturated carbocycles. The quantitative estimate of drug-likeness (QED) is 0.906. The van der Waals surface area contributed by atoms with E-state index >= 15 is 0 Å². The fourth-order valence-corrected chi connectivity index (χ4v) is 2.29. The van der Waals surface area contributed by atoms with Gasteiger partial charge in [-0.2, -0.15) is 13.2 Å². The molecule has 0 aliphatic carbocycles. The normalized spacial score (nSPS) is 19.7. The van der Waals surface area contributed by atoms with Gasteiger partial charge >= 0.3 is 6.18 Å². The molecular formula is C13H20F3N5. The third-order valence-corrected chi connectivity index (χ3v) is 3.86. The average Bonchev–Trinajstić information content (AvgIpc) is 2.40.